The zero-order valence-corrected chi connectivity index (χ0v) is 11.0. The molecule has 15 heavy (non-hydrogen) atoms. The van der Waals surface area contributed by atoms with Crippen molar-refractivity contribution in [1.29, 1.82) is 0 Å². The lowest BCUT2D eigenvalue weighted by atomic mass is 10.2. The Balaban J connectivity index is 2.44. The summed E-state index contributed by atoms with van der Waals surface area (Å²) < 4.78 is 12.8. The van der Waals surface area contributed by atoms with E-state index in [0.717, 1.165) is 40.9 Å². The Labute approximate surface area is 102 Å². The molecule has 0 aliphatic heterocycles. The van der Waals surface area contributed by atoms with Crippen LogP contribution in [-0.4, -0.2) is 16.5 Å². The van der Waals surface area contributed by atoms with Crippen LogP contribution in [0, 0.1) is 0 Å². The Morgan fingerprint density at radius 3 is 2.60 bits per heavy atom. The van der Waals surface area contributed by atoms with E-state index in [1.165, 1.54) is 0 Å². The molecule has 1 unspecified atom stereocenters. The normalized spacial score (nSPS) is 12.7. The molecular formula is C11H16BrNOS. The fourth-order valence-corrected chi connectivity index (χ4v) is 3.32. The van der Waals surface area contributed by atoms with Crippen molar-refractivity contribution in [3.05, 3.63) is 28.7 Å². The van der Waals surface area contributed by atoms with Crippen LogP contribution in [0.25, 0.3) is 0 Å². The van der Waals surface area contributed by atoms with E-state index in [1.807, 2.05) is 24.3 Å². The molecule has 0 aliphatic carbocycles. The van der Waals surface area contributed by atoms with Gasteiger partial charge in [-0.15, -0.1) is 0 Å². The highest BCUT2D eigenvalue weighted by molar-refractivity contribution is 9.10. The van der Waals surface area contributed by atoms with Crippen molar-refractivity contribution in [2.45, 2.75) is 24.2 Å². The molecule has 2 N–H and O–H groups in total. The molecule has 0 spiro atoms. The second-order valence-electron chi connectivity index (χ2n) is 3.33. The highest BCUT2D eigenvalue weighted by atomic mass is 79.9. The van der Waals surface area contributed by atoms with E-state index in [0.29, 0.717) is 0 Å². The summed E-state index contributed by atoms with van der Waals surface area (Å²) in [4.78, 5) is 0.894. The standard InChI is InChI=1S/C11H16BrNOS/c12-10-6-2-3-7-11(10)15(14)9-5-1-4-8-13/h2-3,6-7H,1,4-5,8-9,13H2. The van der Waals surface area contributed by atoms with Crippen LogP contribution < -0.4 is 5.73 Å². The lowest BCUT2D eigenvalue weighted by Crippen LogP contribution is -2.02. The number of rotatable bonds is 6. The monoisotopic (exact) mass is 289 g/mol. The summed E-state index contributed by atoms with van der Waals surface area (Å²) in [7, 11) is -0.886. The largest absolute Gasteiger partial charge is 0.330 e. The minimum atomic E-state index is -0.886. The molecule has 0 heterocycles. The average molecular weight is 290 g/mol. The van der Waals surface area contributed by atoms with Crippen molar-refractivity contribution < 1.29 is 4.21 Å². The lowest BCUT2D eigenvalue weighted by molar-refractivity contribution is 0.672. The highest BCUT2D eigenvalue weighted by Crippen LogP contribution is 2.20. The first-order valence-electron chi connectivity index (χ1n) is 5.08. The van der Waals surface area contributed by atoms with Crippen molar-refractivity contribution >= 4 is 26.7 Å². The third kappa shape index (κ3) is 4.45. The SMILES string of the molecule is NCCCCCS(=O)c1ccccc1Br. The minimum absolute atomic E-state index is 0.724. The summed E-state index contributed by atoms with van der Waals surface area (Å²) in [5, 5.41) is 0. The smallest absolute Gasteiger partial charge is 0.0541 e. The third-order valence-electron chi connectivity index (χ3n) is 2.12. The molecule has 0 fully saturated rings. The van der Waals surface area contributed by atoms with Gasteiger partial charge < -0.3 is 5.73 Å². The molecule has 1 aromatic rings. The van der Waals surface area contributed by atoms with Crippen molar-refractivity contribution in [1.82, 2.24) is 0 Å². The van der Waals surface area contributed by atoms with Crippen molar-refractivity contribution in [3.8, 4) is 0 Å². The van der Waals surface area contributed by atoms with Crippen LogP contribution >= 0.6 is 15.9 Å². The third-order valence-corrected chi connectivity index (χ3v) is 4.58. The number of unbranched alkanes of at least 4 members (excludes halogenated alkanes) is 2. The second-order valence-corrected chi connectivity index (χ2v) is 5.72. The molecule has 0 bridgehead atoms. The zero-order chi connectivity index (χ0) is 11.1. The molecule has 1 atom stereocenters. The molecule has 1 rings (SSSR count). The molecule has 1 aromatic carbocycles. The van der Waals surface area contributed by atoms with Gasteiger partial charge in [-0.3, -0.25) is 4.21 Å². The lowest BCUT2D eigenvalue weighted by Gasteiger charge is -2.04. The summed E-state index contributed by atoms with van der Waals surface area (Å²) in [5.74, 6) is 0.725. The van der Waals surface area contributed by atoms with Gasteiger partial charge in [0.2, 0.25) is 0 Å². The van der Waals surface area contributed by atoms with E-state index in [2.05, 4.69) is 15.9 Å². The quantitative estimate of drug-likeness (QED) is 0.819. The maximum Gasteiger partial charge on any atom is 0.0541 e. The van der Waals surface area contributed by atoms with E-state index in [9.17, 15) is 4.21 Å². The second kappa shape index (κ2) is 7.14. The molecule has 2 nitrogen and oxygen atoms in total. The van der Waals surface area contributed by atoms with E-state index < -0.39 is 10.8 Å². The van der Waals surface area contributed by atoms with E-state index in [1.54, 1.807) is 0 Å². The first-order valence-corrected chi connectivity index (χ1v) is 7.20. The van der Waals surface area contributed by atoms with Crippen LogP contribution in [-0.2, 0) is 10.8 Å². The number of benzene rings is 1. The van der Waals surface area contributed by atoms with Gasteiger partial charge in [0.15, 0.2) is 0 Å². The number of hydrogen-bond acceptors (Lipinski definition) is 2. The van der Waals surface area contributed by atoms with Gasteiger partial charge in [-0.05, 0) is 47.4 Å². The van der Waals surface area contributed by atoms with Crippen LogP contribution in [0.3, 0.4) is 0 Å². The molecule has 0 saturated carbocycles. The summed E-state index contributed by atoms with van der Waals surface area (Å²) in [6.07, 6.45) is 3.06. The van der Waals surface area contributed by atoms with Gasteiger partial charge in [0.05, 0.1) is 15.7 Å². The molecule has 0 aliphatic rings. The van der Waals surface area contributed by atoms with Crippen molar-refractivity contribution in [2.24, 2.45) is 5.73 Å². The molecule has 0 saturated heterocycles. The van der Waals surface area contributed by atoms with Crippen LogP contribution in [0.2, 0.25) is 0 Å². The summed E-state index contributed by atoms with van der Waals surface area (Å²) in [6.45, 7) is 0.724. The Morgan fingerprint density at radius 1 is 1.20 bits per heavy atom. The van der Waals surface area contributed by atoms with Gasteiger partial charge in [-0.25, -0.2) is 0 Å². The van der Waals surface area contributed by atoms with Gasteiger partial charge in [-0.1, -0.05) is 18.6 Å². The van der Waals surface area contributed by atoms with E-state index in [4.69, 9.17) is 5.73 Å². The fraction of sp³-hybridized carbons (Fsp3) is 0.455. The Bertz CT molecular complexity index is 330. The van der Waals surface area contributed by atoms with Crippen LogP contribution in [0.15, 0.2) is 33.6 Å². The number of nitrogens with two attached hydrogens (primary N) is 1. The van der Waals surface area contributed by atoms with Gasteiger partial charge in [0, 0.05) is 10.2 Å². The minimum Gasteiger partial charge on any atom is -0.330 e. The van der Waals surface area contributed by atoms with Crippen molar-refractivity contribution in [3.63, 3.8) is 0 Å². The molecular weight excluding hydrogens is 274 g/mol. The molecule has 0 radical (unpaired) electrons. The zero-order valence-electron chi connectivity index (χ0n) is 8.62. The highest BCUT2D eigenvalue weighted by Gasteiger charge is 2.06. The predicted molar refractivity (Wildman–Crippen MR) is 68.3 cm³/mol. The molecule has 0 amide bonds. The molecule has 4 heteroatoms. The number of hydrogen-bond donors (Lipinski definition) is 1. The average Bonchev–Trinajstić information content (AvgIpc) is 2.25. The van der Waals surface area contributed by atoms with Gasteiger partial charge in [0.1, 0.15) is 0 Å². The fourth-order valence-electron chi connectivity index (χ4n) is 1.29. The predicted octanol–water partition coefficient (Wildman–Crippen LogP) is 2.69. The first kappa shape index (κ1) is 12.9. The summed E-state index contributed by atoms with van der Waals surface area (Å²) in [6, 6.07) is 7.67. The Morgan fingerprint density at radius 2 is 1.93 bits per heavy atom. The Kier molecular flexibility index (Phi) is 6.13. The molecule has 0 aromatic heterocycles. The van der Waals surface area contributed by atoms with Crippen molar-refractivity contribution in [2.75, 3.05) is 12.3 Å². The van der Waals surface area contributed by atoms with Gasteiger partial charge in [-0.2, -0.15) is 0 Å². The van der Waals surface area contributed by atoms with E-state index >= 15 is 0 Å². The molecule has 84 valence electrons. The van der Waals surface area contributed by atoms with Crippen LogP contribution in [0.4, 0.5) is 0 Å². The first-order chi connectivity index (χ1) is 7.25. The maximum absolute atomic E-state index is 11.9. The van der Waals surface area contributed by atoms with Crippen LogP contribution in [0.1, 0.15) is 19.3 Å². The summed E-state index contributed by atoms with van der Waals surface area (Å²) >= 11 is 3.41. The topological polar surface area (TPSA) is 43.1 Å². The number of halogens is 1. The van der Waals surface area contributed by atoms with Gasteiger partial charge >= 0.3 is 0 Å². The van der Waals surface area contributed by atoms with E-state index in [-0.39, 0.29) is 0 Å². The summed E-state index contributed by atoms with van der Waals surface area (Å²) in [5.41, 5.74) is 5.40. The van der Waals surface area contributed by atoms with Crippen LogP contribution in [0.5, 0.6) is 0 Å². The van der Waals surface area contributed by atoms with Gasteiger partial charge in [0.25, 0.3) is 0 Å². The maximum atomic E-state index is 11.9. The Hall–Kier alpha value is -0.190.